The summed E-state index contributed by atoms with van der Waals surface area (Å²) in [6.07, 6.45) is 6.22. The lowest BCUT2D eigenvalue weighted by Gasteiger charge is -2.30. The quantitative estimate of drug-likeness (QED) is 0.777. The number of nitrogens with one attached hydrogen (secondary N) is 1. The van der Waals surface area contributed by atoms with Crippen molar-refractivity contribution in [3.63, 3.8) is 0 Å². The van der Waals surface area contributed by atoms with Gasteiger partial charge in [0.15, 0.2) is 5.82 Å². The number of hydrogen-bond donors (Lipinski definition) is 2. The van der Waals surface area contributed by atoms with Crippen LogP contribution >= 0.6 is 0 Å². The van der Waals surface area contributed by atoms with Gasteiger partial charge in [-0.05, 0) is 32.2 Å². The van der Waals surface area contributed by atoms with E-state index in [1.54, 1.807) is 0 Å². The number of aromatic nitrogens is 3. The van der Waals surface area contributed by atoms with Gasteiger partial charge in [0.2, 0.25) is 11.8 Å². The maximum Gasteiger partial charge on any atom is 0.231 e. The van der Waals surface area contributed by atoms with Crippen LogP contribution in [0.15, 0.2) is 0 Å². The van der Waals surface area contributed by atoms with Crippen molar-refractivity contribution < 1.29 is 9.59 Å². The van der Waals surface area contributed by atoms with E-state index in [1.165, 1.54) is 6.42 Å². The van der Waals surface area contributed by atoms with Crippen LogP contribution in [0.2, 0.25) is 0 Å². The SMILES string of the molecule is NC(=O)CN1CCC[C@@H](C(=O)NCc2nnc3n2CCCCC3)C1. The van der Waals surface area contributed by atoms with Gasteiger partial charge in [-0.15, -0.1) is 10.2 Å². The van der Waals surface area contributed by atoms with Crippen molar-refractivity contribution in [2.24, 2.45) is 11.7 Å². The van der Waals surface area contributed by atoms with Crippen molar-refractivity contribution >= 4 is 11.8 Å². The van der Waals surface area contributed by atoms with Crippen LogP contribution in [0.3, 0.4) is 0 Å². The zero-order valence-electron chi connectivity index (χ0n) is 14.0. The third-order valence-electron chi connectivity index (χ3n) is 4.86. The van der Waals surface area contributed by atoms with E-state index in [9.17, 15) is 9.59 Å². The Bertz CT molecular complexity index is 599. The van der Waals surface area contributed by atoms with Crippen molar-refractivity contribution in [1.82, 2.24) is 25.0 Å². The molecule has 3 N–H and O–H groups in total. The standard InChI is InChI=1S/C16H26N6O2/c17-13(23)11-21-7-4-5-12(10-21)16(24)18-9-15-20-19-14-6-2-1-3-8-22(14)15/h12H,1-11H2,(H2,17,23)(H,18,24)/t12-/m1/s1. The van der Waals surface area contributed by atoms with Gasteiger partial charge < -0.3 is 15.6 Å². The minimum Gasteiger partial charge on any atom is -0.369 e. The third kappa shape index (κ3) is 4.11. The molecule has 1 atom stereocenters. The molecule has 1 aromatic rings. The molecule has 0 aromatic carbocycles. The number of rotatable bonds is 5. The normalized spacial score (nSPS) is 21.8. The zero-order valence-corrected chi connectivity index (χ0v) is 14.0. The van der Waals surface area contributed by atoms with Crippen molar-refractivity contribution in [3.8, 4) is 0 Å². The lowest BCUT2D eigenvalue weighted by molar-refractivity contribution is -0.128. The van der Waals surface area contributed by atoms with Crippen molar-refractivity contribution in [2.45, 2.75) is 51.6 Å². The summed E-state index contributed by atoms with van der Waals surface area (Å²) in [5.41, 5.74) is 5.25. The van der Waals surface area contributed by atoms with E-state index in [1.807, 2.05) is 4.90 Å². The van der Waals surface area contributed by atoms with Gasteiger partial charge in [0.1, 0.15) is 5.82 Å². The van der Waals surface area contributed by atoms with Crippen molar-refractivity contribution in [2.75, 3.05) is 19.6 Å². The fourth-order valence-corrected chi connectivity index (χ4v) is 3.62. The second kappa shape index (κ2) is 7.74. The summed E-state index contributed by atoms with van der Waals surface area (Å²) in [7, 11) is 0. The number of hydrogen-bond acceptors (Lipinski definition) is 5. The first-order valence-corrected chi connectivity index (χ1v) is 8.83. The molecule has 2 aliphatic heterocycles. The molecule has 1 fully saturated rings. The molecular formula is C16H26N6O2. The molecule has 3 heterocycles. The summed E-state index contributed by atoms with van der Waals surface area (Å²) in [6, 6.07) is 0. The molecular weight excluding hydrogens is 308 g/mol. The van der Waals surface area contributed by atoms with Gasteiger partial charge in [0.05, 0.1) is 19.0 Å². The second-order valence-corrected chi connectivity index (χ2v) is 6.75. The van der Waals surface area contributed by atoms with Crippen molar-refractivity contribution in [3.05, 3.63) is 11.6 Å². The van der Waals surface area contributed by atoms with Crippen LogP contribution in [0.5, 0.6) is 0 Å². The Morgan fingerprint density at radius 3 is 2.88 bits per heavy atom. The van der Waals surface area contributed by atoms with Crippen LogP contribution < -0.4 is 11.1 Å². The number of piperidine rings is 1. The zero-order chi connectivity index (χ0) is 16.9. The van der Waals surface area contributed by atoms with Gasteiger partial charge >= 0.3 is 0 Å². The molecule has 2 amide bonds. The first-order valence-electron chi connectivity index (χ1n) is 8.83. The number of carbonyl (C=O) groups excluding carboxylic acids is 2. The van der Waals surface area contributed by atoms with E-state index in [4.69, 9.17) is 5.73 Å². The number of carbonyl (C=O) groups is 2. The van der Waals surface area contributed by atoms with E-state index in [2.05, 4.69) is 20.1 Å². The molecule has 8 heteroatoms. The number of aryl methyl sites for hydroxylation is 1. The monoisotopic (exact) mass is 334 g/mol. The van der Waals surface area contributed by atoms with Crippen LogP contribution in [0, 0.1) is 5.92 Å². The minimum absolute atomic E-state index is 0.0233. The molecule has 0 spiro atoms. The fraction of sp³-hybridized carbons (Fsp3) is 0.750. The summed E-state index contributed by atoms with van der Waals surface area (Å²) in [4.78, 5) is 25.5. The van der Waals surface area contributed by atoms with Crippen LogP contribution in [0.4, 0.5) is 0 Å². The highest BCUT2D eigenvalue weighted by atomic mass is 16.2. The Kier molecular flexibility index (Phi) is 5.44. The molecule has 3 rings (SSSR count). The number of nitrogens with zero attached hydrogens (tertiary/aromatic N) is 4. The first kappa shape index (κ1) is 16.9. The topological polar surface area (TPSA) is 106 Å². The molecule has 1 aromatic heterocycles. The summed E-state index contributed by atoms with van der Waals surface area (Å²) < 4.78 is 2.15. The van der Waals surface area contributed by atoms with E-state index in [-0.39, 0.29) is 24.3 Å². The molecule has 0 aliphatic carbocycles. The molecule has 8 nitrogen and oxygen atoms in total. The van der Waals surface area contributed by atoms with E-state index >= 15 is 0 Å². The van der Waals surface area contributed by atoms with Crippen LogP contribution in [-0.2, 0) is 29.1 Å². The summed E-state index contributed by atoms with van der Waals surface area (Å²) in [6.45, 7) is 2.99. The Balaban J connectivity index is 1.54. The van der Waals surface area contributed by atoms with Gasteiger partial charge in [-0.1, -0.05) is 6.42 Å². The average molecular weight is 334 g/mol. The molecule has 2 aliphatic rings. The summed E-state index contributed by atoms with van der Waals surface area (Å²) in [5, 5.41) is 11.5. The van der Waals surface area contributed by atoms with Gasteiger partial charge in [-0.3, -0.25) is 14.5 Å². The Labute approximate surface area is 141 Å². The summed E-state index contributed by atoms with van der Waals surface area (Å²) >= 11 is 0. The number of nitrogens with two attached hydrogens (primary N) is 1. The molecule has 0 bridgehead atoms. The average Bonchev–Trinajstić information content (AvgIpc) is 2.79. The maximum absolute atomic E-state index is 12.4. The number of amides is 2. The highest BCUT2D eigenvalue weighted by Crippen LogP contribution is 2.17. The lowest BCUT2D eigenvalue weighted by atomic mass is 9.97. The predicted octanol–water partition coefficient (Wildman–Crippen LogP) is -0.182. The fourth-order valence-electron chi connectivity index (χ4n) is 3.62. The molecule has 24 heavy (non-hydrogen) atoms. The van der Waals surface area contributed by atoms with Gasteiger partial charge in [-0.25, -0.2) is 0 Å². The smallest absolute Gasteiger partial charge is 0.231 e. The molecule has 0 saturated carbocycles. The van der Waals surface area contributed by atoms with E-state index < -0.39 is 0 Å². The maximum atomic E-state index is 12.4. The number of likely N-dealkylation sites (tertiary alicyclic amines) is 1. The van der Waals surface area contributed by atoms with Crippen LogP contribution in [0.25, 0.3) is 0 Å². The Morgan fingerprint density at radius 2 is 2.04 bits per heavy atom. The minimum atomic E-state index is -0.345. The molecule has 0 unspecified atom stereocenters. The van der Waals surface area contributed by atoms with E-state index in [0.717, 1.165) is 56.8 Å². The van der Waals surface area contributed by atoms with Crippen LogP contribution in [0.1, 0.15) is 43.8 Å². The first-order chi connectivity index (χ1) is 11.6. The summed E-state index contributed by atoms with van der Waals surface area (Å²) in [5.74, 6) is 1.45. The predicted molar refractivity (Wildman–Crippen MR) is 87.8 cm³/mol. The number of primary amides is 1. The lowest BCUT2D eigenvalue weighted by Crippen LogP contribution is -2.45. The number of fused-ring (bicyclic) bond motifs is 1. The van der Waals surface area contributed by atoms with Crippen molar-refractivity contribution in [1.29, 1.82) is 0 Å². The largest absolute Gasteiger partial charge is 0.369 e. The third-order valence-corrected chi connectivity index (χ3v) is 4.86. The van der Waals surface area contributed by atoms with E-state index in [0.29, 0.717) is 13.1 Å². The molecule has 132 valence electrons. The van der Waals surface area contributed by atoms with Crippen LogP contribution in [-0.4, -0.2) is 51.1 Å². The second-order valence-electron chi connectivity index (χ2n) is 6.75. The molecule has 1 saturated heterocycles. The van der Waals surface area contributed by atoms with Gasteiger partial charge in [0, 0.05) is 19.5 Å². The van der Waals surface area contributed by atoms with Gasteiger partial charge in [-0.2, -0.15) is 0 Å². The molecule has 0 radical (unpaired) electrons. The Morgan fingerprint density at radius 1 is 1.17 bits per heavy atom. The van der Waals surface area contributed by atoms with Gasteiger partial charge in [0.25, 0.3) is 0 Å². The highest BCUT2D eigenvalue weighted by molar-refractivity contribution is 5.79. The Hall–Kier alpha value is -1.96. The highest BCUT2D eigenvalue weighted by Gasteiger charge is 2.26.